The molecule has 60 heavy (non-hydrogen) atoms. The molecule has 11 nitrogen and oxygen atoms in total. The largest absolute Gasteiger partial charge is 0.427 e. The molecule has 0 saturated heterocycles. The third-order valence-corrected chi connectivity index (χ3v) is 10.8. The molecular weight excluding hydrogens is 753 g/mol. The Balaban J connectivity index is 1.32. The fraction of sp³-hybridized carbons (Fsp3) is 0.286. The van der Waals surface area contributed by atoms with Gasteiger partial charge in [0.2, 0.25) is 12.5 Å². The number of imidazole rings is 1. The van der Waals surface area contributed by atoms with E-state index in [0.717, 1.165) is 45.4 Å². The van der Waals surface area contributed by atoms with E-state index in [1.807, 2.05) is 104 Å². The van der Waals surface area contributed by atoms with Gasteiger partial charge in [-0.3, -0.25) is 4.79 Å². The Bertz CT molecular complexity index is 2390. The summed E-state index contributed by atoms with van der Waals surface area (Å²) in [5.74, 6) is -0.630. The molecule has 1 aliphatic heterocycles. The maximum absolute atomic E-state index is 13.8. The molecule has 0 atom stereocenters. The van der Waals surface area contributed by atoms with E-state index in [0.29, 0.717) is 12.2 Å². The van der Waals surface area contributed by atoms with E-state index in [1.54, 1.807) is 39.2 Å². The fourth-order valence-corrected chi connectivity index (χ4v) is 7.97. The lowest BCUT2D eigenvalue weighted by molar-refractivity contribution is -0.161. The lowest BCUT2D eigenvalue weighted by Gasteiger charge is -2.45. The topological polar surface area (TPSA) is 140 Å². The van der Waals surface area contributed by atoms with Gasteiger partial charge in [-0.25, -0.2) is 9.78 Å². The van der Waals surface area contributed by atoms with E-state index in [2.05, 4.69) is 52.9 Å². The number of aromatic nitrogens is 2. The summed E-state index contributed by atoms with van der Waals surface area (Å²) in [6, 6.07) is 47.0. The Hall–Kier alpha value is -6.59. The van der Waals surface area contributed by atoms with Crippen molar-refractivity contribution in [2.75, 3.05) is 6.79 Å². The molecule has 6 aromatic rings. The quantitative estimate of drug-likeness (QED) is 0.0660. The Kier molecular flexibility index (Phi) is 11.7. The molecular formula is C49H50N6O5. The lowest BCUT2D eigenvalue weighted by atomic mass is 9.59. The van der Waals surface area contributed by atoms with Crippen LogP contribution in [-0.2, 0) is 43.9 Å². The summed E-state index contributed by atoms with van der Waals surface area (Å²) in [6.45, 7) is 10.0. The van der Waals surface area contributed by atoms with Crippen molar-refractivity contribution in [3.8, 4) is 11.1 Å². The number of aliphatic hydroxyl groups is 1. The molecule has 0 bridgehead atoms. The van der Waals surface area contributed by atoms with Crippen LogP contribution in [0.25, 0.3) is 11.1 Å². The highest BCUT2D eigenvalue weighted by atomic mass is 16.7. The van der Waals surface area contributed by atoms with E-state index < -0.39 is 40.8 Å². The molecule has 306 valence electrons. The number of carbonyl (C=O) groups is 2. The Morgan fingerprint density at radius 3 is 1.70 bits per heavy atom. The summed E-state index contributed by atoms with van der Waals surface area (Å²) in [7, 11) is 0. The first-order valence-corrected chi connectivity index (χ1v) is 20.2. The molecule has 0 saturated carbocycles. The number of aryl methyl sites for hydroxylation is 1. The second-order valence-corrected chi connectivity index (χ2v) is 16.5. The number of hydrogen-bond acceptors (Lipinski definition) is 10. The van der Waals surface area contributed by atoms with E-state index in [4.69, 9.17) is 24.7 Å². The number of esters is 2. The van der Waals surface area contributed by atoms with Crippen molar-refractivity contribution in [3.63, 3.8) is 0 Å². The van der Waals surface area contributed by atoms with Crippen molar-refractivity contribution in [1.29, 1.82) is 0 Å². The molecule has 0 spiro atoms. The van der Waals surface area contributed by atoms with Crippen LogP contribution in [0.2, 0.25) is 0 Å². The summed E-state index contributed by atoms with van der Waals surface area (Å²) < 4.78 is 12.5. The van der Waals surface area contributed by atoms with Crippen molar-refractivity contribution >= 4 is 11.9 Å². The zero-order valence-corrected chi connectivity index (χ0v) is 34.9. The molecule has 1 aromatic heterocycles. The second-order valence-electron chi connectivity index (χ2n) is 16.5. The Labute approximate surface area is 350 Å². The number of nitrogens with zero attached hydrogens (tertiary/aromatic N) is 6. The second kappa shape index (κ2) is 16.9. The minimum atomic E-state index is -1.46. The number of ether oxygens (including phenoxy) is 2. The van der Waals surface area contributed by atoms with Crippen LogP contribution in [0.5, 0.6) is 0 Å². The molecule has 1 aliphatic rings. The molecule has 0 unspecified atom stereocenters. The number of hydrogen-bond donors (Lipinski definition) is 1. The van der Waals surface area contributed by atoms with Gasteiger partial charge in [0.15, 0.2) is 5.69 Å². The third-order valence-electron chi connectivity index (χ3n) is 10.8. The van der Waals surface area contributed by atoms with E-state index in [1.165, 1.54) is 0 Å². The van der Waals surface area contributed by atoms with Crippen molar-refractivity contribution < 1.29 is 24.2 Å². The molecule has 5 aromatic carbocycles. The fourth-order valence-electron chi connectivity index (χ4n) is 7.97. The van der Waals surface area contributed by atoms with Crippen molar-refractivity contribution in [3.05, 3.63) is 185 Å². The zero-order chi connectivity index (χ0) is 42.5. The predicted octanol–water partition coefficient (Wildman–Crippen LogP) is 10.5. The average Bonchev–Trinajstić information content (AvgIpc) is 3.89. The van der Waals surface area contributed by atoms with Crippen LogP contribution >= 0.6 is 0 Å². The monoisotopic (exact) mass is 802 g/mol. The number of carbonyl (C=O) groups excluding carboxylic acids is 2. The first-order chi connectivity index (χ1) is 28.8. The molecule has 2 heterocycles. The van der Waals surface area contributed by atoms with Crippen LogP contribution in [0, 0.1) is 5.41 Å². The van der Waals surface area contributed by atoms with Crippen LogP contribution in [0.15, 0.2) is 160 Å². The van der Waals surface area contributed by atoms with Crippen LogP contribution in [0.3, 0.4) is 0 Å². The molecule has 7 rings (SSSR count). The highest BCUT2D eigenvalue weighted by Gasteiger charge is 2.60. The van der Waals surface area contributed by atoms with Crippen molar-refractivity contribution in [1.82, 2.24) is 9.55 Å². The summed E-state index contributed by atoms with van der Waals surface area (Å²) >= 11 is 0. The predicted molar refractivity (Wildman–Crippen MR) is 229 cm³/mol. The average molecular weight is 803 g/mol. The number of rotatable bonds is 14. The molecule has 0 radical (unpaired) electrons. The Morgan fingerprint density at radius 2 is 1.20 bits per heavy atom. The van der Waals surface area contributed by atoms with Gasteiger partial charge < -0.3 is 19.1 Å². The van der Waals surface area contributed by atoms with Gasteiger partial charge in [-0.05, 0) is 84.9 Å². The number of benzene rings is 5. The molecule has 0 amide bonds. The maximum atomic E-state index is 13.8. The lowest BCUT2D eigenvalue weighted by Crippen LogP contribution is -2.48. The van der Waals surface area contributed by atoms with E-state index >= 15 is 0 Å². The van der Waals surface area contributed by atoms with Gasteiger partial charge in [0.1, 0.15) is 17.1 Å². The molecule has 0 aliphatic carbocycles. The highest BCUT2D eigenvalue weighted by molar-refractivity contribution is 5.89. The SMILES string of the molecule is CCCc1nc(C(C)(C)O)c(C(=O)OCOC(=O)C(C)(C)C)n1Cc1ccc(-c2ccccc2C2(C(c3ccccc3)(c3ccccc3)c3ccccc3)N=NN=N2)cc1. The summed E-state index contributed by atoms with van der Waals surface area (Å²) in [4.78, 5) is 30.9. The molecule has 1 N–H and O–H groups in total. The summed E-state index contributed by atoms with van der Waals surface area (Å²) in [5, 5.41) is 29.7. The summed E-state index contributed by atoms with van der Waals surface area (Å²) in [5.41, 5.74) is 2.12. The van der Waals surface area contributed by atoms with Crippen LogP contribution in [-0.4, -0.2) is 33.4 Å². The van der Waals surface area contributed by atoms with Crippen molar-refractivity contribution in [2.24, 2.45) is 26.1 Å². The van der Waals surface area contributed by atoms with Gasteiger partial charge in [0, 0.05) is 18.5 Å². The normalized spacial score (nSPS) is 13.7. The van der Waals surface area contributed by atoms with Gasteiger partial charge in [0.05, 0.1) is 10.8 Å². The standard InChI is InChI=1S/C49H50N6O5/c1-7-19-41-50-43(47(5,6)58)42(44(56)59-33-60-45(57)46(2,3)4)55(41)32-34-28-30-35(31-29-34)39-26-17-18-27-40(39)49(51-53-54-52-49)48(36-20-11-8-12-21-36,37-22-13-9-14-23-37)38-24-15-10-16-25-38/h8-18,20-31,58H,7,19,32-33H2,1-6H3. The van der Waals surface area contributed by atoms with Crippen LogP contribution in [0.4, 0.5) is 0 Å². The van der Waals surface area contributed by atoms with Gasteiger partial charge in [-0.15, -0.1) is 10.2 Å². The van der Waals surface area contributed by atoms with Crippen LogP contribution in [0.1, 0.15) is 97.8 Å². The van der Waals surface area contributed by atoms with Gasteiger partial charge in [0.25, 0.3) is 0 Å². The van der Waals surface area contributed by atoms with Gasteiger partial charge >= 0.3 is 11.9 Å². The zero-order valence-electron chi connectivity index (χ0n) is 34.9. The van der Waals surface area contributed by atoms with Crippen LogP contribution < -0.4 is 0 Å². The minimum Gasteiger partial charge on any atom is -0.427 e. The molecule has 0 fully saturated rings. The smallest absolute Gasteiger partial charge is 0.359 e. The summed E-state index contributed by atoms with van der Waals surface area (Å²) in [6.07, 6.45) is 1.31. The van der Waals surface area contributed by atoms with Gasteiger partial charge in [-0.2, -0.15) is 0 Å². The van der Waals surface area contributed by atoms with Gasteiger partial charge in [-0.1, -0.05) is 146 Å². The minimum absolute atomic E-state index is 0.102. The first-order valence-electron chi connectivity index (χ1n) is 20.2. The Morgan fingerprint density at radius 1 is 0.683 bits per heavy atom. The van der Waals surface area contributed by atoms with E-state index in [-0.39, 0.29) is 17.9 Å². The third kappa shape index (κ3) is 7.80. The molecule has 11 heteroatoms. The maximum Gasteiger partial charge on any atom is 0.359 e. The first kappa shape index (κ1) is 41.6. The highest BCUT2D eigenvalue weighted by Crippen LogP contribution is 2.58. The van der Waals surface area contributed by atoms with E-state index in [9.17, 15) is 14.7 Å². The van der Waals surface area contributed by atoms with Crippen molar-refractivity contribution in [2.45, 2.75) is 77.6 Å².